The predicted octanol–water partition coefficient (Wildman–Crippen LogP) is 6.37. The van der Waals surface area contributed by atoms with E-state index in [0.717, 1.165) is 6.07 Å². The summed E-state index contributed by atoms with van der Waals surface area (Å²) in [5.74, 6) is -6.54. The van der Waals surface area contributed by atoms with Gasteiger partial charge in [0.15, 0.2) is 4.90 Å². The molecule has 2 aromatic rings. The quantitative estimate of drug-likeness (QED) is 0.312. The maximum absolute atomic E-state index is 14.0. The van der Waals surface area contributed by atoms with E-state index in [1.54, 1.807) is 0 Å². The first-order chi connectivity index (χ1) is 13.2. The van der Waals surface area contributed by atoms with E-state index in [9.17, 15) is 35.3 Å². The first-order valence-electron chi connectivity index (χ1n) is 7.36. The molecule has 0 aliphatic rings. The van der Waals surface area contributed by atoms with Crippen LogP contribution in [0, 0.1) is 17.4 Å². The molecule has 0 aromatic heterocycles. The van der Waals surface area contributed by atoms with Crippen LogP contribution in [0.1, 0.15) is 16.7 Å². The Morgan fingerprint density at radius 3 is 2.21 bits per heavy atom. The topological polar surface area (TPSA) is 46.8 Å². The first kappa shape index (κ1) is 24.0. The number of alkyl halides is 7. The molecule has 0 saturated carbocycles. The van der Waals surface area contributed by atoms with Gasteiger partial charge in [-0.05, 0) is 43.5 Å². The van der Waals surface area contributed by atoms with Gasteiger partial charge < -0.3 is 4.55 Å². The molecule has 0 spiro atoms. The molecule has 1 unspecified atom stereocenters. The highest BCUT2D eigenvalue weighted by molar-refractivity contribution is 9.11. The van der Waals surface area contributed by atoms with E-state index in [2.05, 4.69) is 37.9 Å². The Hall–Kier alpha value is -1.29. The lowest BCUT2D eigenvalue weighted by molar-refractivity contribution is -0.332. The number of hydrogen-bond donors (Lipinski definition) is 0. The lowest BCUT2D eigenvalue weighted by Crippen LogP contribution is -2.56. The van der Waals surface area contributed by atoms with E-state index in [1.165, 1.54) is 24.3 Å². The fraction of sp³-hybridized carbons (Fsp3) is 0.235. The summed E-state index contributed by atoms with van der Waals surface area (Å²) in [5.41, 5.74) is 0.105. The van der Waals surface area contributed by atoms with Crippen LogP contribution >= 0.6 is 31.9 Å². The molecule has 0 aliphatic carbocycles. The smallest absolute Gasteiger partial charge is 0.486 e. The number of benzene rings is 2. The molecule has 0 bridgehead atoms. The number of nitrogens with zero attached hydrogens (tertiary/aromatic N) is 1. The maximum atomic E-state index is 14.0. The Labute approximate surface area is 180 Å². The van der Waals surface area contributed by atoms with Crippen LogP contribution < -0.4 is 0 Å². The van der Waals surface area contributed by atoms with Crippen molar-refractivity contribution in [2.45, 2.75) is 28.7 Å². The molecule has 155 valence electrons. The fourth-order valence-electron chi connectivity index (χ4n) is 2.25. The monoisotopic (exact) mass is 564 g/mol. The van der Waals surface area contributed by atoms with Crippen molar-refractivity contribution < 1.29 is 35.3 Å². The largest absolute Gasteiger partial charge is 0.607 e. The van der Waals surface area contributed by atoms with Crippen molar-refractivity contribution in [3.63, 3.8) is 0 Å². The van der Waals surface area contributed by atoms with Gasteiger partial charge in [-0.25, -0.2) is 0 Å². The van der Waals surface area contributed by atoms with Crippen molar-refractivity contribution in [1.82, 2.24) is 0 Å². The van der Waals surface area contributed by atoms with Gasteiger partial charge in [0.2, 0.25) is 0 Å². The zero-order chi connectivity index (χ0) is 22.2. The lowest BCUT2D eigenvalue weighted by Gasteiger charge is -2.29. The maximum Gasteiger partial charge on any atom is 0.486 e. The second-order valence-corrected chi connectivity index (χ2v) is 8.71. The molecule has 2 rings (SSSR count). The highest BCUT2D eigenvalue weighted by Gasteiger charge is 2.80. The minimum absolute atomic E-state index is 0.0888. The van der Waals surface area contributed by atoms with Gasteiger partial charge in [0.25, 0.3) is 0 Å². The van der Waals surface area contributed by atoms with Crippen LogP contribution in [0.15, 0.2) is 44.2 Å². The van der Waals surface area contributed by atoms with Crippen molar-refractivity contribution in [3.8, 4) is 6.07 Å². The summed E-state index contributed by atoms with van der Waals surface area (Å²) in [6.45, 7) is 0. The van der Waals surface area contributed by atoms with E-state index in [0.29, 0.717) is 0 Å². The van der Waals surface area contributed by atoms with Gasteiger partial charge in [-0.1, -0.05) is 18.2 Å². The van der Waals surface area contributed by atoms with E-state index in [4.69, 9.17) is 5.26 Å². The Kier molecular flexibility index (Phi) is 6.99. The molecule has 12 heteroatoms. The molecule has 0 N–H and O–H groups in total. The average molecular weight is 566 g/mol. The SMILES string of the molecule is N#Cc1ccccc1Cc1c(Br)[c]c(Br)cc1[S+]([O-])C(F)(F)C(F)(F)C(F)(F)F. The standard InChI is InChI=1S/C17H7Br2F7NOS/c18-11-6-13(19)12(5-9-3-1-2-4-10(9)8-27)14(7-11)29(28)17(25,26)15(20,21)16(22,23)24/h1-4,7H,5H2. The Balaban J connectivity index is 2.63. The van der Waals surface area contributed by atoms with Gasteiger partial charge in [-0.2, -0.15) is 27.2 Å². The summed E-state index contributed by atoms with van der Waals surface area (Å²) < 4.78 is 104. The van der Waals surface area contributed by atoms with Gasteiger partial charge >= 0.3 is 17.4 Å². The van der Waals surface area contributed by atoms with E-state index < -0.39 is 33.4 Å². The summed E-state index contributed by atoms with van der Waals surface area (Å²) in [7, 11) is 0. The van der Waals surface area contributed by atoms with Gasteiger partial charge in [-0.15, -0.1) is 8.78 Å². The molecule has 29 heavy (non-hydrogen) atoms. The predicted molar refractivity (Wildman–Crippen MR) is 97.0 cm³/mol. The zero-order valence-corrected chi connectivity index (χ0v) is 17.7. The van der Waals surface area contributed by atoms with Gasteiger partial charge in [0, 0.05) is 33.1 Å². The number of rotatable bonds is 5. The van der Waals surface area contributed by atoms with E-state index in [-0.39, 0.29) is 32.1 Å². The van der Waals surface area contributed by atoms with Gasteiger partial charge in [0.05, 0.1) is 22.8 Å². The average Bonchev–Trinajstić information content (AvgIpc) is 2.62. The molecule has 0 fully saturated rings. The number of hydrogen-bond acceptors (Lipinski definition) is 2. The molecule has 0 heterocycles. The second kappa shape index (κ2) is 8.45. The zero-order valence-electron chi connectivity index (χ0n) is 13.8. The fourth-order valence-corrected chi connectivity index (χ4v) is 5.04. The molecular weight excluding hydrogens is 559 g/mol. The van der Waals surface area contributed by atoms with Crippen LogP contribution in [0.3, 0.4) is 0 Å². The van der Waals surface area contributed by atoms with Crippen molar-refractivity contribution >= 4 is 43.0 Å². The van der Waals surface area contributed by atoms with E-state index in [1.807, 2.05) is 6.07 Å². The third-order valence-corrected chi connectivity index (χ3v) is 6.30. The van der Waals surface area contributed by atoms with Crippen molar-refractivity contribution in [1.29, 1.82) is 5.26 Å². The molecule has 2 nitrogen and oxygen atoms in total. The minimum atomic E-state index is -6.62. The third-order valence-electron chi connectivity index (χ3n) is 3.71. The highest BCUT2D eigenvalue weighted by Crippen LogP contribution is 2.51. The second-order valence-electron chi connectivity index (χ2n) is 5.58. The van der Waals surface area contributed by atoms with Crippen LogP contribution in [0.4, 0.5) is 30.7 Å². The minimum Gasteiger partial charge on any atom is -0.607 e. The van der Waals surface area contributed by atoms with Gasteiger partial charge in [-0.3, -0.25) is 0 Å². The van der Waals surface area contributed by atoms with Crippen LogP contribution in [-0.2, 0) is 17.6 Å². The molecule has 0 aliphatic heterocycles. The number of halogens is 9. The summed E-state index contributed by atoms with van der Waals surface area (Å²) in [5, 5.41) is 3.18. The number of nitriles is 1. The lowest BCUT2D eigenvalue weighted by atomic mass is 10.0. The van der Waals surface area contributed by atoms with Gasteiger partial charge in [0.1, 0.15) is 0 Å². The highest BCUT2D eigenvalue weighted by atomic mass is 79.9. The molecule has 0 saturated heterocycles. The molecular formula is C17H7Br2F7NOS. The molecule has 0 amide bonds. The van der Waals surface area contributed by atoms with Crippen LogP contribution in [0.25, 0.3) is 0 Å². The summed E-state index contributed by atoms with van der Waals surface area (Å²) in [4.78, 5) is -0.954. The van der Waals surface area contributed by atoms with E-state index >= 15 is 0 Å². The molecule has 1 radical (unpaired) electrons. The third kappa shape index (κ3) is 4.57. The van der Waals surface area contributed by atoms with Crippen molar-refractivity contribution in [3.05, 3.63) is 62.0 Å². The Bertz CT molecular complexity index is 960. The summed E-state index contributed by atoms with van der Waals surface area (Å²) in [6, 6.07) is 11.0. The summed E-state index contributed by atoms with van der Waals surface area (Å²) >= 11 is 1.74. The molecule has 2 aromatic carbocycles. The molecule has 1 atom stereocenters. The van der Waals surface area contributed by atoms with Crippen LogP contribution in [-0.4, -0.2) is 21.9 Å². The first-order valence-corrected chi connectivity index (χ1v) is 10.1. The van der Waals surface area contributed by atoms with Crippen molar-refractivity contribution in [2.75, 3.05) is 0 Å². The normalized spacial score (nSPS) is 13.8. The van der Waals surface area contributed by atoms with Crippen molar-refractivity contribution in [2.24, 2.45) is 0 Å². The van der Waals surface area contributed by atoms with Crippen LogP contribution in [0.5, 0.6) is 0 Å². The Morgan fingerprint density at radius 1 is 1.07 bits per heavy atom. The summed E-state index contributed by atoms with van der Waals surface area (Å²) in [6.07, 6.45) is -6.96. The van der Waals surface area contributed by atoms with Crippen LogP contribution in [0.2, 0.25) is 0 Å². The Morgan fingerprint density at radius 2 is 1.66 bits per heavy atom.